The largest absolute Gasteiger partial charge is 0.481 e. The second-order valence-electron chi connectivity index (χ2n) is 6.18. The molecule has 1 amide bonds. The van der Waals surface area contributed by atoms with Crippen molar-refractivity contribution >= 4 is 17.6 Å². The van der Waals surface area contributed by atoms with E-state index in [0.29, 0.717) is 18.5 Å². The second kappa shape index (κ2) is 7.01. The van der Waals surface area contributed by atoms with Gasteiger partial charge in [0.15, 0.2) is 11.6 Å². The van der Waals surface area contributed by atoms with Crippen molar-refractivity contribution in [3.63, 3.8) is 0 Å². The molecule has 1 aliphatic carbocycles. The third kappa shape index (κ3) is 4.02. The Balaban J connectivity index is 1.63. The smallest absolute Gasteiger partial charge is 0.303 e. The van der Waals surface area contributed by atoms with E-state index in [-0.39, 0.29) is 29.7 Å². The summed E-state index contributed by atoms with van der Waals surface area (Å²) in [5.41, 5.74) is 1.61. The predicted molar refractivity (Wildman–Crippen MR) is 88.2 cm³/mol. The lowest BCUT2D eigenvalue weighted by molar-refractivity contribution is -0.137. The number of nitrogens with one attached hydrogen (secondary N) is 1. The highest BCUT2D eigenvalue weighted by molar-refractivity contribution is 5.95. The molecule has 130 valence electrons. The molecule has 0 bridgehead atoms. The number of hydrogen-bond donors (Lipinski definition) is 2. The van der Waals surface area contributed by atoms with Crippen molar-refractivity contribution in [1.82, 2.24) is 0 Å². The number of aliphatic carboxylic acids is 1. The summed E-state index contributed by atoms with van der Waals surface area (Å²) in [6.45, 7) is 0. The molecule has 0 aromatic heterocycles. The molecule has 6 heteroatoms. The Hall–Kier alpha value is -2.76. The van der Waals surface area contributed by atoms with Gasteiger partial charge in [-0.25, -0.2) is 8.78 Å². The van der Waals surface area contributed by atoms with Crippen LogP contribution in [0, 0.1) is 17.6 Å². The van der Waals surface area contributed by atoms with E-state index >= 15 is 0 Å². The number of carboxylic acids is 1. The van der Waals surface area contributed by atoms with Crippen molar-refractivity contribution in [2.24, 2.45) is 5.92 Å². The summed E-state index contributed by atoms with van der Waals surface area (Å²) >= 11 is 0. The summed E-state index contributed by atoms with van der Waals surface area (Å²) in [6, 6.07) is 11.0. The number of anilines is 1. The average molecular weight is 345 g/mol. The molecule has 2 atom stereocenters. The van der Waals surface area contributed by atoms with Crippen LogP contribution in [-0.4, -0.2) is 17.0 Å². The molecule has 2 aromatic carbocycles. The quantitative estimate of drug-likeness (QED) is 0.838. The van der Waals surface area contributed by atoms with E-state index in [0.717, 1.165) is 11.6 Å². The molecule has 0 radical (unpaired) electrons. The molecule has 25 heavy (non-hydrogen) atoms. The Morgan fingerprint density at radius 3 is 2.68 bits per heavy atom. The van der Waals surface area contributed by atoms with Crippen LogP contribution < -0.4 is 5.32 Å². The molecule has 1 saturated carbocycles. The number of carbonyl (C=O) groups is 2. The molecule has 2 N–H and O–H groups in total. The highest BCUT2D eigenvalue weighted by atomic mass is 19.2. The summed E-state index contributed by atoms with van der Waals surface area (Å²) in [7, 11) is 0. The molecule has 4 nitrogen and oxygen atoms in total. The predicted octanol–water partition coefficient (Wildman–Crippen LogP) is 3.72. The SMILES string of the molecule is O=C(O)CCc1cccc(NC(=O)C2CC2c2cccc(F)c2F)c1. The van der Waals surface area contributed by atoms with Crippen molar-refractivity contribution in [2.75, 3.05) is 5.32 Å². The van der Waals surface area contributed by atoms with Gasteiger partial charge >= 0.3 is 5.97 Å². The van der Waals surface area contributed by atoms with Gasteiger partial charge in [-0.3, -0.25) is 9.59 Å². The normalized spacial score (nSPS) is 18.6. The molecular formula is C19H17F2NO3. The van der Waals surface area contributed by atoms with Gasteiger partial charge < -0.3 is 10.4 Å². The van der Waals surface area contributed by atoms with Crippen LogP contribution in [0.15, 0.2) is 42.5 Å². The minimum Gasteiger partial charge on any atom is -0.481 e. The Bertz CT molecular complexity index is 822. The third-order valence-corrected chi connectivity index (χ3v) is 4.33. The molecule has 0 spiro atoms. The summed E-state index contributed by atoms with van der Waals surface area (Å²) in [4.78, 5) is 22.9. The van der Waals surface area contributed by atoms with Crippen LogP contribution in [0.3, 0.4) is 0 Å². The van der Waals surface area contributed by atoms with Crippen LogP contribution in [0.4, 0.5) is 14.5 Å². The Kier molecular flexibility index (Phi) is 4.79. The van der Waals surface area contributed by atoms with Crippen LogP contribution in [0.2, 0.25) is 0 Å². The first-order valence-corrected chi connectivity index (χ1v) is 8.01. The van der Waals surface area contributed by atoms with Gasteiger partial charge in [-0.15, -0.1) is 0 Å². The number of benzene rings is 2. The number of carbonyl (C=O) groups excluding carboxylic acids is 1. The van der Waals surface area contributed by atoms with Gasteiger partial charge in [0.05, 0.1) is 0 Å². The zero-order chi connectivity index (χ0) is 18.0. The molecule has 0 saturated heterocycles. The average Bonchev–Trinajstić information content (AvgIpc) is 3.36. The fourth-order valence-electron chi connectivity index (χ4n) is 2.93. The van der Waals surface area contributed by atoms with E-state index in [2.05, 4.69) is 5.32 Å². The monoisotopic (exact) mass is 345 g/mol. The summed E-state index contributed by atoms with van der Waals surface area (Å²) in [5, 5.41) is 11.5. The van der Waals surface area contributed by atoms with E-state index in [1.54, 1.807) is 24.3 Å². The van der Waals surface area contributed by atoms with Gasteiger partial charge in [0.1, 0.15) is 0 Å². The van der Waals surface area contributed by atoms with Crippen LogP contribution in [0.25, 0.3) is 0 Å². The molecular weight excluding hydrogens is 328 g/mol. The van der Waals surface area contributed by atoms with Crippen molar-refractivity contribution in [1.29, 1.82) is 0 Å². The van der Waals surface area contributed by atoms with E-state index < -0.39 is 17.6 Å². The van der Waals surface area contributed by atoms with Crippen LogP contribution in [0.5, 0.6) is 0 Å². The zero-order valence-electron chi connectivity index (χ0n) is 13.3. The molecule has 2 unspecified atom stereocenters. The van der Waals surface area contributed by atoms with Crippen molar-refractivity contribution in [2.45, 2.75) is 25.2 Å². The van der Waals surface area contributed by atoms with Gasteiger partial charge in [0.25, 0.3) is 0 Å². The maximum absolute atomic E-state index is 13.8. The lowest BCUT2D eigenvalue weighted by atomic mass is 10.1. The van der Waals surface area contributed by atoms with E-state index in [9.17, 15) is 18.4 Å². The fourth-order valence-corrected chi connectivity index (χ4v) is 2.93. The lowest BCUT2D eigenvalue weighted by Gasteiger charge is -2.08. The topological polar surface area (TPSA) is 66.4 Å². The second-order valence-corrected chi connectivity index (χ2v) is 6.18. The highest BCUT2D eigenvalue weighted by Gasteiger charge is 2.45. The molecule has 3 rings (SSSR count). The number of aryl methyl sites for hydroxylation is 1. The van der Waals surface area contributed by atoms with Crippen molar-refractivity contribution in [3.05, 3.63) is 65.2 Å². The third-order valence-electron chi connectivity index (χ3n) is 4.33. The Labute approximate surface area is 143 Å². The van der Waals surface area contributed by atoms with E-state index in [1.165, 1.54) is 12.1 Å². The summed E-state index contributed by atoms with van der Waals surface area (Å²) in [5.74, 6) is -3.63. The van der Waals surface area contributed by atoms with Crippen molar-refractivity contribution in [3.8, 4) is 0 Å². The first-order valence-electron chi connectivity index (χ1n) is 8.01. The van der Waals surface area contributed by atoms with E-state index in [1.807, 2.05) is 0 Å². The molecule has 0 aliphatic heterocycles. The molecule has 0 heterocycles. The molecule has 2 aromatic rings. The lowest BCUT2D eigenvalue weighted by Crippen LogP contribution is -2.15. The number of hydrogen-bond acceptors (Lipinski definition) is 2. The first-order chi connectivity index (χ1) is 12.0. The number of rotatable bonds is 6. The number of halogens is 2. The Morgan fingerprint density at radius 1 is 1.16 bits per heavy atom. The van der Waals surface area contributed by atoms with Gasteiger partial charge in [0.2, 0.25) is 5.91 Å². The standard InChI is InChI=1S/C19H17F2NO3/c20-16-6-2-5-13(18(16)21)14-10-15(14)19(25)22-12-4-1-3-11(9-12)7-8-17(23)24/h1-6,9,14-15H,7-8,10H2,(H,22,25)(H,23,24). The van der Waals surface area contributed by atoms with Crippen LogP contribution >= 0.6 is 0 Å². The first kappa shape index (κ1) is 17.1. The van der Waals surface area contributed by atoms with E-state index in [4.69, 9.17) is 5.11 Å². The summed E-state index contributed by atoms with van der Waals surface area (Å²) < 4.78 is 27.1. The maximum Gasteiger partial charge on any atom is 0.303 e. The molecule has 1 fully saturated rings. The van der Waals surface area contributed by atoms with Gasteiger partial charge in [0, 0.05) is 18.0 Å². The zero-order valence-corrected chi connectivity index (χ0v) is 13.3. The minimum atomic E-state index is -0.908. The number of carboxylic acid groups (broad SMARTS) is 1. The minimum absolute atomic E-state index is 0.0148. The van der Waals surface area contributed by atoms with Crippen LogP contribution in [-0.2, 0) is 16.0 Å². The van der Waals surface area contributed by atoms with Gasteiger partial charge in [-0.05, 0) is 48.1 Å². The summed E-state index contributed by atoms with van der Waals surface area (Å²) in [6.07, 6.45) is 0.867. The van der Waals surface area contributed by atoms with Crippen molar-refractivity contribution < 1.29 is 23.5 Å². The maximum atomic E-state index is 13.8. The van der Waals surface area contributed by atoms with Gasteiger partial charge in [-0.1, -0.05) is 24.3 Å². The molecule has 1 aliphatic rings. The highest BCUT2D eigenvalue weighted by Crippen LogP contribution is 2.49. The Morgan fingerprint density at radius 2 is 1.92 bits per heavy atom. The number of amides is 1. The van der Waals surface area contributed by atoms with Crippen LogP contribution in [0.1, 0.15) is 29.9 Å². The van der Waals surface area contributed by atoms with Gasteiger partial charge in [-0.2, -0.15) is 0 Å². The fraction of sp³-hybridized carbons (Fsp3) is 0.263.